The van der Waals surface area contributed by atoms with Crippen molar-refractivity contribution < 1.29 is 19.4 Å². The summed E-state index contributed by atoms with van der Waals surface area (Å²) < 4.78 is 5.13. The van der Waals surface area contributed by atoms with Crippen LogP contribution in [0.1, 0.15) is 26.3 Å². The third-order valence-electron chi connectivity index (χ3n) is 5.26. The molecule has 0 saturated heterocycles. The van der Waals surface area contributed by atoms with Crippen molar-refractivity contribution in [1.29, 1.82) is 0 Å². The average molecular weight is 454 g/mol. The lowest BCUT2D eigenvalue weighted by atomic mass is 10.0. The fourth-order valence-electron chi connectivity index (χ4n) is 3.50. The predicted molar refractivity (Wildman–Crippen MR) is 130 cm³/mol. The maximum absolute atomic E-state index is 13.0. The molecule has 0 aliphatic carbocycles. The summed E-state index contributed by atoms with van der Waals surface area (Å²) in [6.07, 6.45) is 0. The molecule has 2 amide bonds. The number of nitrogens with one attached hydrogen (secondary N) is 1. The number of amides is 2. The van der Waals surface area contributed by atoms with Crippen LogP contribution in [0.4, 0.5) is 17.1 Å². The van der Waals surface area contributed by atoms with Crippen LogP contribution in [-0.2, 0) is 0 Å². The van der Waals surface area contributed by atoms with Gasteiger partial charge in [0, 0.05) is 11.1 Å². The topological polar surface area (TPSA) is 126 Å². The van der Waals surface area contributed by atoms with Gasteiger partial charge in [0.2, 0.25) is 0 Å². The van der Waals surface area contributed by atoms with Crippen LogP contribution in [0, 0.1) is 6.92 Å². The molecular formula is C26H22N4O4. The number of primary amides is 1. The monoisotopic (exact) mass is 454 g/mol. The minimum Gasteiger partial charge on any atom is -0.505 e. The highest BCUT2D eigenvalue weighted by molar-refractivity contribution is 6.11. The Morgan fingerprint density at radius 1 is 0.941 bits per heavy atom. The molecule has 8 heteroatoms. The summed E-state index contributed by atoms with van der Waals surface area (Å²) in [4.78, 5) is 24.8. The molecule has 0 atom stereocenters. The van der Waals surface area contributed by atoms with Crippen LogP contribution in [0.15, 0.2) is 83.0 Å². The van der Waals surface area contributed by atoms with Gasteiger partial charge in [0.15, 0.2) is 5.75 Å². The summed E-state index contributed by atoms with van der Waals surface area (Å²) in [6.45, 7) is 1.85. The third-order valence-corrected chi connectivity index (χ3v) is 5.26. The Bertz CT molecular complexity index is 1430. The minimum atomic E-state index is -0.643. The van der Waals surface area contributed by atoms with E-state index in [2.05, 4.69) is 15.5 Å². The molecule has 0 radical (unpaired) electrons. The highest BCUT2D eigenvalue weighted by Gasteiger charge is 2.19. The SMILES string of the molecule is COc1ccc(NC(=O)c2cc3ccccc3c(N=Nc3cc(C)ccc3C(N)=O)c2O)cc1. The van der Waals surface area contributed by atoms with E-state index in [1.807, 2.05) is 13.0 Å². The molecule has 34 heavy (non-hydrogen) atoms. The number of aromatic hydroxyl groups is 1. The van der Waals surface area contributed by atoms with Crippen LogP contribution in [-0.4, -0.2) is 24.0 Å². The molecule has 0 heterocycles. The van der Waals surface area contributed by atoms with Gasteiger partial charge >= 0.3 is 0 Å². The number of fused-ring (bicyclic) bond motifs is 1. The van der Waals surface area contributed by atoms with Crippen LogP contribution in [0.3, 0.4) is 0 Å². The van der Waals surface area contributed by atoms with Gasteiger partial charge in [-0.1, -0.05) is 30.3 Å². The van der Waals surface area contributed by atoms with Gasteiger partial charge in [0.25, 0.3) is 11.8 Å². The number of carbonyl (C=O) groups excluding carboxylic acids is 2. The van der Waals surface area contributed by atoms with E-state index in [0.29, 0.717) is 22.2 Å². The van der Waals surface area contributed by atoms with E-state index in [1.54, 1.807) is 73.8 Å². The van der Waals surface area contributed by atoms with Crippen LogP contribution >= 0.6 is 0 Å². The van der Waals surface area contributed by atoms with Gasteiger partial charge in [-0.2, -0.15) is 0 Å². The van der Waals surface area contributed by atoms with Crippen LogP contribution in [0.2, 0.25) is 0 Å². The number of hydrogen-bond donors (Lipinski definition) is 3. The highest BCUT2D eigenvalue weighted by atomic mass is 16.5. The van der Waals surface area contributed by atoms with E-state index < -0.39 is 11.8 Å². The van der Waals surface area contributed by atoms with Gasteiger partial charge in [-0.05, 0) is 60.3 Å². The number of phenolic OH excluding ortho intramolecular Hbond substituents is 1. The lowest BCUT2D eigenvalue weighted by Crippen LogP contribution is -2.12. The molecule has 0 aliphatic heterocycles. The first kappa shape index (κ1) is 22.5. The Morgan fingerprint density at radius 2 is 1.68 bits per heavy atom. The standard InChI is InChI=1S/C26H22N4O4/c1-15-7-12-20(25(27)32)22(13-15)29-30-23-19-6-4-3-5-16(19)14-21(24(23)31)26(33)28-17-8-10-18(34-2)11-9-17/h3-14,31H,1-2H3,(H2,27,32)(H,28,33). The normalized spacial score (nSPS) is 11.0. The number of hydrogen-bond acceptors (Lipinski definition) is 6. The average Bonchev–Trinajstić information content (AvgIpc) is 2.83. The number of carbonyl (C=O) groups is 2. The van der Waals surface area contributed by atoms with Gasteiger partial charge in [-0.25, -0.2) is 0 Å². The fraction of sp³-hybridized carbons (Fsp3) is 0.0769. The van der Waals surface area contributed by atoms with E-state index in [1.165, 1.54) is 0 Å². The summed E-state index contributed by atoms with van der Waals surface area (Å²) >= 11 is 0. The van der Waals surface area contributed by atoms with E-state index in [9.17, 15) is 14.7 Å². The number of benzene rings is 4. The van der Waals surface area contributed by atoms with Crippen molar-refractivity contribution in [2.45, 2.75) is 6.92 Å². The first-order valence-corrected chi connectivity index (χ1v) is 10.4. The second-order valence-corrected chi connectivity index (χ2v) is 7.61. The zero-order chi connectivity index (χ0) is 24.2. The second-order valence-electron chi connectivity index (χ2n) is 7.61. The van der Waals surface area contributed by atoms with Gasteiger partial charge in [0.1, 0.15) is 11.4 Å². The summed E-state index contributed by atoms with van der Waals surface area (Å²) in [5.74, 6) is -0.837. The molecule has 0 saturated carbocycles. The fourth-order valence-corrected chi connectivity index (χ4v) is 3.50. The van der Waals surface area contributed by atoms with Crippen molar-refractivity contribution in [1.82, 2.24) is 0 Å². The predicted octanol–water partition coefficient (Wildman–Crippen LogP) is 5.63. The third kappa shape index (κ3) is 4.56. The first-order chi connectivity index (χ1) is 16.4. The van der Waals surface area contributed by atoms with E-state index >= 15 is 0 Å². The van der Waals surface area contributed by atoms with Gasteiger partial charge in [-0.15, -0.1) is 10.2 Å². The number of aryl methyl sites for hydroxylation is 1. The van der Waals surface area contributed by atoms with Gasteiger partial charge in [-0.3, -0.25) is 9.59 Å². The molecule has 8 nitrogen and oxygen atoms in total. The van der Waals surface area contributed by atoms with Crippen molar-refractivity contribution in [3.63, 3.8) is 0 Å². The largest absolute Gasteiger partial charge is 0.505 e. The van der Waals surface area contributed by atoms with E-state index in [0.717, 1.165) is 5.56 Å². The second kappa shape index (κ2) is 9.41. The van der Waals surface area contributed by atoms with Crippen molar-refractivity contribution in [2.75, 3.05) is 12.4 Å². The number of nitrogens with zero attached hydrogens (tertiary/aromatic N) is 2. The molecule has 0 aliphatic rings. The summed E-state index contributed by atoms with van der Waals surface area (Å²) in [5.41, 5.74) is 7.46. The zero-order valence-corrected chi connectivity index (χ0v) is 18.6. The van der Waals surface area contributed by atoms with Crippen molar-refractivity contribution >= 4 is 39.6 Å². The Morgan fingerprint density at radius 3 is 2.38 bits per heavy atom. The molecule has 0 bridgehead atoms. The molecule has 0 spiro atoms. The Hall–Kier alpha value is -4.72. The first-order valence-electron chi connectivity index (χ1n) is 10.4. The van der Waals surface area contributed by atoms with Crippen LogP contribution in [0.25, 0.3) is 10.8 Å². The number of anilines is 1. The molecule has 0 aromatic heterocycles. The van der Waals surface area contributed by atoms with E-state index in [4.69, 9.17) is 10.5 Å². The molecular weight excluding hydrogens is 432 g/mol. The molecule has 170 valence electrons. The van der Waals surface area contributed by atoms with Crippen molar-refractivity contribution in [3.05, 3.63) is 89.5 Å². The Labute approximate surface area is 195 Å². The zero-order valence-electron chi connectivity index (χ0n) is 18.6. The molecule has 4 aromatic rings. The number of azo groups is 1. The van der Waals surface area contributed by atoms with Gasteiger partial charge < -0.3 is 20.9 Å². The van der Waals surface area contributed by atoms with Crippen molar-refractivity contribution in [3.8, 4) is 11.5 Å². The molecule has 4 rings (SSSR count). The summed E-state index contributed by atoms with van der Waals surface area (Å²) in [5, 5.41) is 23.5. The molecule has 0 fully saturated rings. The van der Waals surface area contributed by atoms with Crippen LogP contribution in [0.5, 0.6) is 11.5 Å². The number of phenols is 1. The maximum Gasteiger partial charge on any atom is 0.259 e. The molecule has 0 unspecified atom stereocenters. The Balaban J connectivity index is 1.77. The Kier molecular flexibility index (Phi) is 6.22. The number of ether oxygens (including phenoxy) is 1. The number of rotatable bonds is 6. The number of nitrogens with two attached hydrogens (primary N) is 1. The highest BCUT2D eigenvalue weighted by Crippen LogP contribution is 2.40. The quantitative estimate of drug-likeness (QED) is 0.326. The maximum atomic E-state index is 13.0. The minimum absolute atomic E-state index is 0.0304. The lowest BCUT2D eigenvalue weighted by Gasteiger charge is -2.11. The van der Waals surface area contributed by atoms with Crippen LogP contribution < -0.4 is 15.8 Å². The van der Waals surface area contributed by atoms with Gasteiger partial charge in [0.05, 0.1) is 23.9 Å². The van der Waals surface area contributed by atoms with E-state index in [-0.39, 0.29) is 28.3 Å². The van der Waals surface area contributed by atoms with Crippen molar-refractivity contribution in [2.24, 2.45) is 16.0 Å². The molecule has 4 N–H and O–H groups in total. The lowest BCUT2D eigenvalue weighted by molar-refractivity contribution is 0.0997. The smallest absolute Gasteiger partial charge is 0.259 e. The summed E-state index contributed by atoms with van der Waals surface area (Å²) in [7, 11) is 1.56. The summed E-state index contributed by atoms with van der Waals surface area (Å²) in [6, 6.07) is 20.6. The number of methoxy groups -OCH3 is 1. The molecule has 4 aromatic carbocycles.